The summed E-state index contributed by atoms with van der Waals surface area (Å²) >= 11 is 0. The Morgan fingerprint density at radius 3 is 1.77 bits per heavy atom. The molecule has 0 amide bonds. The summed E-state index contributed by atoms with van der Waals surface area (Å²) in [4.78, 5) is 0. The normalized spacial score (nSPS) is 12.3. The van der Waals surface area contributed by atoms with Crippen LogP contribution in [0.2, 0.25) is 0 Å². The van der Waals surface area contributed by atoms with E-state index in [0.29, 0.717) is 22.4 Å². The SMILES string of the molecule is CCCCc1ccc2cc3ccc(CCCC)cc3c(-c3cc(C(C)(C)CC(C)(C)C)cc(-c4cc(F)cc(C)c4OC)c3O)c2c1. The molecule has 0 aliphatic carbocycles. The van der Waals surface area contributed by atoms with Crippen molar-refractivity contribution in [1.29, 1.82) is 0 Å². The Bertz CT molecular complexity index is 1840. The molecule has 47 heavy (non-hydrogen) atoms. The Morgan fingerprint density at radius 2 is 1.26 bits per heavy atom. The van der Waals surface area contributed by atoms with Gasteiger partial charge in [0.25, 0.3) is 0 Å². The Balaban J connectivity index is 1.94. The molecular weight excluding hydrogens is 579 g/mol. The fourth-order valence-electron chi connectivity index (χ4n) is 7.62. The van der Waals surface area contributed by atoms with Crippen molar-refractivity contribution in [1.82, 2.24) is 0 Å². The predicted octanol–water partition coefficient (Wildman–Crippen LogP) is 12.9. The number of ether oxygens (including phenoxy) is 1. The van der Waals surface area contributed by atoms with Gasteiger partial charge in [-0.05, 0) is 124 Å². The minimum atomic E-state index is -0.352. The highest BCUT2D eigenvalue weighted by atomic mass is 19.1. The molecule has 248 valence electrons. The van der Waals surface area contributed by atoms with Crippen LogP contribution in [0.25, 0.3) is 43.8 Å². The molecule has 0 aromatic heterocycles. The Kier molecular flexibility index (Phi) is 10.1. The molecule has 5 aromatic rings. The van der Waals surface area contributed by atoms with Gasteiger partial charge in [-0.2, -0.15) is 0 Å². The first kappa shape index (κ1) is 34.5. The van der Waals surface area contributed by atoms with Gasteiger partial charge in [-0.25, -0.2) is 4.39 Å². The van der Waals surface area contributed by atoms with Crippen LogP contribution in [0.3, 0.4) is 0 Å². The zero-order valence-corrected chi connectivity index (χ0v) is 30.0. The Hall–Kier alpha value is -3.85. The van der Waals surface area contributed by atoms with Crippen LogP contribution in [0.4, 0.5) is 4.39 Å². The van der Waals surface area contributed by atoms with Crippen LogP contribution in [0, 0.1) is 18.2 Å². The van der Waals surface area contributed by atoms with Crippen molar-refractivity contribution in [2.45, 2.75) is 106 Å². The van der Waals surface area contributed by atoms with Crippen LogP contribution in [0.1, 0.15) is 103 Å². The van der Waals surface area contributed by atoms with Crippen molar-refractivity contribution in [2.24, 2.45) is 5.41 Å². The molecular formula is C44H53FO2. The van der Waals surface area contributed by atoms with E-state index in [9.17, 15) is 5.11 Å². The molecule has 0 unspecified atom stereocenters. The number of methoxy groups -OCH3 is 1. The zero-order chi connectivity index (χ0) is 34.1. The van der Waals surface area contributed by atoms with Gasteiger partial charge in [-0.1, -0.05) is 97.7 Å². The minimum Gasteiger partial charge on any atom is -0.507 e. The van der Waals surface area contributed by atoms with Gasteiger partial charge in [-0.15, -0.1) is 0 Å². The molecule has 0 saturated carbocycles. The Labute approximate surface area is 282 Å². The van der Waals surface area contributed by atoms with Gasteiger partial charge < -0.3 is 9.84 Å². The fraction of sp³-hybridized carbons (Fsp3) is 0.409. The molecule has 5 rings (SSSR count). The third-order valence-electron chi connectivity index (χ3n) is 9.59. The highest BCUT2D eigenvalue weighted by Gasteiger charge is 2.31. The number of rotatable bonds is 11. The standard InChI is InChI=1S/C44H53FO2/c1-10-12-14-29-16-18-31-23-32-19-17-30(15-13-11-2)22-36(32)40(35(31)21-29)39-25-33(44(7,8)27-43(4,5)6)24-37(41(39)46)38-26-34(45)20-28(3)42(38)47-9/h16-26,46H,10-15,27H2,1-9H3. The van der Waals surface area contributed by atoms with Gasteiger partial charge in [0.1, 0.15) is 17.3 Å². The lowest BCUT2D eigenvalue weighted by atomic mass is 9.71. The van der Waals surface area contributed by atoms with Gasteiger partial charge in [-0.3, -0.25) is 0 Å². The first-order chi connectivity index (χ1) is 22.3. The molecule has 3 heteroatoms. The van der Waals surface area contributed by atoms with Crippen LogP contribution in [-0.2, 0) is 18.3 Å². The summed E-state index contributed by atoms with van der Waals surface area (Å²) in [5.74, 6) is 0.371. The van der Waals surface area contributed by atoms with Crippen molar-refractivity contribution in [2.75, 3.05) is 7.11 Å². The quantitative estimate of drug-likeness (QED) is 0.147. The summed E-state index contributed by atoms with van der Waals surface area (Å²) in [6.45, 7) is 17.7. The second-order valence-electron chi connectivity index (χ2n) is 15.4. The van der Waals surface area contributed by atoms with Crippen molar-refractivity contribution in [3.63, 3.8) is 0 Å². The molecule has 0 radical (unpaired) electrons. The maximum Gasteiger partial charge on any atom is 0.131 e. The van der Waals surface area contributed by atoms with Crippen molar-refractivity contribution >= 4 is 21.5 Å². The zero-order valence-electron chi connectivity index (χ0n) is 30.0. The molecule has 1 N–H and O–H groups in total. The smallest absolute Gasteiger partial charge is 0.131 e. The average molecular weight is 633 g/mol. The monoisotopic (exact) mass is 632 g/mol. The predicted molar refractivity (Wildman–Crippen MR) is 200 cm³/mol. The summed E-state index contributed by atoms with van der Waals surface area (Å²) in [5.41, 5.74) is 7.21. The fourth-order valence-corrected chi connectivity index (χ4v) is 7.62. The van der Waals surface area contributed by atoms with Crippen LogP contribution in [0.15, 0.2) is 66.7 Å². The first-order valence-electron chi connectivity index (χ1n) is 17.5. The first-order valence-corrected chi connectivity index (χ1v) is 17.5. The van der Waals surface area contributed by atoms with E-state index in [4.69, 9.17) is 4.74 Å². The maximum atomic E-state index is 15.1. The molecule has 2 nitrogen and oxygen atoms in total. The molecule has 0 bridgehead atoms. The molecule has 5 aromatic carbocycles. The summed E-state index contributed by atoms with van der Waals surface area (Å²) < 4.78 is 21.0. The van der Waals surface area contributed by atoms with Crippen LogP contribution >= 0.6 is 0 Å². The van der Waals surface area contributed by atoms with Gasteiger partial charge in [0.15, 0.2) is 0 Å². The molecule has 0 saturated heterocycles. The minimum absolute atomic E-state index is 0.0728. The van der Waals surface area contributed by atoms with E-state index in [1.54, 1.807) is 7.11 Å². The van der Waals surface area contributed by atoms with Gasteiger partial charge in [0.05, 0.1) is 7.11 Å². The van der Waals surface area contributed by atoms with E-state index >= 15 is 4.39 Å². The van der Waals surface area contributed by atoms with E-state index in [2.05, 4.69) is 103 Å². The van der Waals surface area contributed by atoms with E-state index in [1.807, 2.05) is 6.92 Å². The molecule has 0 atom stereocenters. The van der Waals surface area contributed by atoms with Crippen molar-refractivity contribution in [3.8, 4) is 33.8 Å². The van der Waals surface area contributed by atoms with Crippen LogP contribution < -0.4 is 4.74 Å². The number of halogens is 1. The van der Waals surface area contributed by atoms with E-state index in [-0.39, 0.29) is 22.4 Å². The molecule has 0 aliphatic rings. The summed E-state index contributed by atoms with van der Waals surface area (Å²) in [7, 11) is 1.61. The number of unbranched alkanes of at least 4 members (excludes halogenated alkanes) is 2. The second-order valence-corrected chi connectivity index (χ2v) is 15.4. The summed E-state index contributed by atoms with van der Waals surface area (Å²) in [6, 6.07) is 23.2. The average Bonchev–Trinajstić information content (AvgIpc) is 3.00. The van der Waals surface area contributed by atoms with E-state index < -0.39 is 0 Å². The number of aryl methyl sites for hydroxylation is 3. The summed E-state index contributed by atoms with van der Waals surface area (Å²) in [5, 5.41) is 17.0. The van der Waals surface area contributed by atoms with Crippen molar-refractivity contribution in [3.05, 3.63) is 94.8 Å². The van der Waals surface area contributed by atoms with Gasteiger partial charge in [0.2, 0.25) is 0 Å². The number of phenols is 1. The number of benzene rings is 5. The van der Waals surface area contributed by atoms with Crippen LogP contribution in [0.5, 0.6) is 11.5 Å². The number of phenolic OH excluding ortho intramolecular Hbond substituents is 1. The third kappa shape index (κ3) is 7.35. The third-order valence-corrected chi connectivity index (χ3v) is 9.59. The highest BCUT2D eigenvalue weighted by Crippen LogP contribution is 2.50. The molecule has 0 spiro atoms. The van der Waals surface area contributed by atoms with E-state index in [0.717, 1.165) is 83.2 Å². The number of hydrogen-bond acceptors (Lipinski definition) is 2. The Morgan fingerprint density at radius 1 is 0.702 bits per heavy atom. The summed E-state index contributed by atoms with van der Waals surface area (Å²) in [6.07, 6.45) is 7.47. The lowest BCUT2D eigenvalue weighted by molar-refractivity contribution is 0.284. The number of fused-ring (bicyclic) bond motifs is 2. The topological polar surface area (TPSA) is 29.5 Å². The lowest BCUT2D eigenvalue weighted by Crippen LogP contribution is -2.25. The molecule has 0 heterocycles. The number of aromatic hydroxyl groups is 1. The number of hydrogen-bond donors (Lipinski definition) is 1. The van der Waals surface area contributed by atoms with Gasteiger partial charge >= 0.3 is 0 Å². The molecule has 0 fully saturated rings. The largest absolute Gasteiger partial charge is 0.507 e. The van der Waals surface area contributed by atoms with Crippen molar-refractivity contribution < 1.29 is 14.2 Å². The van der Waals surface area contributed by atoms with E-state index in [1.165, 1.54) is 23.3 Å². The second kappa shape index (κ2) is 13.7. The van der Waals surface area contributed by atoms with Gasteiger partial charge in [0, 0.05) is 22.3 Å². The highest BCUT2D eigenvalue weighted by molar-refractivity contribution is 6.14. The maximum absolute atomic E-state index is 15.1. The lowest BCUT2D eigenvalue weighted by Gasteiger charge is -2.34. The molecule has 0 aliphatic heterocycles. The van der Waals surface area contributed by atoms with Crippen LogP contribution in [-0.4, -0.2) is 12.2 Å².